The largest absolute Gasteiger partial charge is 0.496 e. The highest BCUT2D eigenvalue weighted by Crippen LogP contribution is 2.41. The van der Waals surface area contributed by atoms with Gasteiger partial charge in [-0.15, -0.1) is 0 Å². The third-order valence-corrected chi connectivity index (χ3v) is 7.18. The standard InChI is InChI=1S/C25H26ClFN4O4/c1-14-12-29(13-28-14)19-4-5-20-25(33)30(8-9-31(20)24(19)32)15(2)21-6-7-22(35-21)16-10-18(27)17(26)11-23(16)34-3/h4-5,10-13,15,21-22H,6-9H2,1-3H3/t15-,21-,22+/m0/s1. The van der Waals surface area contributed by atoms with E-state index in [9.17, 15) is 14.0 Å². The summed E-state index contributed by atoms with van der Waals surface area (Å²) in [5.74, 6) is -0.265. The fraction of sp³-hybridized carbons (Fsp3) is 0.400. The predicted octanol–water partition coefficient (Wildman–Crippen LogP) is 3.91. The van der Waals surface area contributed by atoms with E-state index in [0.717, 1.165) is 5.69 Å². The van der Waals surface area contributed by atoms with E-state index in [1.54, 1.807) is 34.1 Å². The second-order valence-electron chi connectivity index (χ2n) is 8.97. The molecule has 0 N–H and O–H groups in total. The van der Waals surface area contributed by atoms with E-state index in [1.807, 2.05) is 13.8 Å². The van der Waals surface area contributed by atoms with Crippen LogP contribution >= 0.6 is 11.6 Å². The van der Waals surface area contributed by atoms with Crippen LogP contribution in [0.4, 0.5) is 4.39 Å². The Labute approximate surface area is 206 Å². The summed E-state index contributed by atoms with van der Waals surface area (Å²) in [6, 6.07) is 5.93. The lowest BCUT2D eigenvalue weighted by atomic mass is 10.0. The van der Waals surface area contributed by atoms with Crippen LogP contribution in [0.25, 0.3) is 5.69 Å². The van der Waals surface area contributed by atoms with E-state index in [2.05, 4.69) is 4.98 Å². The molecule has 0 aliphatic carbocycles. The van der Waals surface area contributed by atoms with E-state index in [1.165, 1.54) is 23.8 Å². The Kier molecular flexibility index (Phi) is 6.14. The van der Waals surface area contributed by atoms with E-state index in [0.29, 0.717) is 48.6 Å². The van der Waals surface area contributed by atoms with Gasteiger partial charge in [-0.3, -0.25) is 9.59 Å². The predicted molar refractivity (Wildman–Crippen MR) is 128 cm³/mol. The van der Waals surface area contributed by atoms with Gasteiger partial charge in [0.25, 0.3) is 11.5 Å². The molecule has 8 nitrogen and oxygen atoms in total. The minimum Gasteiger partial charge on any atom is -0.496 e. The Morgan fingerprint density at radius 2 is 2.03 bits per heavy atom. The first-order valence-electron chi connectivity index (χ1n) is 11.5. The minimum atomic E-state index is -0.527. The topological polar surface area (TPSA) is 78.6 Å². The molecule has 1 fully saturated rings. The molecule has 0 bridgehead atoms. The number of nitrogens with zero attached hydrogens (tertiary/aromatic N) is 4. The van der Waals surface area contributed by atoms with Crippen LogP contribution in [0.5, 0.6) is 5.75 Å². The SMILES string of the molecule is COc1cc(Cl)c(F)cc1[C@H]1CC[C@@H]([C@H](C)N2CCn3c(ccc(-n4cnc(C)c4)c3=O)C2=O)O1. The van der Waals surface area contributed by atoms with Crippen molar-refractivity contribution in [1.29, 1.82) is 0 Å². The Morgan fingerprint density at radius 3 is 2.74 bits per heavy atom. The van der Waals surface area contributed by atoms with Crippen LogP contribution in [-0.2, 0) is 11.3 Å². The van der Waals surface area contributed by atoms with Gasteiger partial charge in [0.2, 0.25) is 0 Å². The van der Waals surface area contributed by atoms with E-state index < -0.39 is 5.82 Å². The van der Waals surface area contributed by atoms with Gasteiger partial charge in [0.15, 0.2) is 0 Å². The zero-order valence-electron chi connectivity index (χ0n) is 19.7. The van der Waals surface area contributed by atoms with Crippen LogP contribution in [-0.4, -0.2) is 50.7 Å². The number of hydrogen-bond acceptors (Lipinski definition) is 5. The van der Waals surface area contributed by atoms with Crippen molar-refractivity contribution in [3.63, 3.8) is 0 Å². The molecule has 0 saturated carbocycles. The van der Waals surface area contributed by atoms with Gasteiger partial charge in [0, 0.05) is 30.9 Å². The van der Waals surface area contributed by atoms with Gasteiger partial charge in [-0.05, 0) is 44.9 Å². The first kappa shape index (κ1) is 23.6. The maximum atomic E-state index is 14.1. The van der Waals surface area contributed by atoms with Crippen molar-refractivity contribution in [1.82, 2.24) is 19.0 Å². The summed E-state index contributed by atoms with van der Waals surface area (Å²) in [5, 5.41) is -0.00679. The van der Waals surface area contributed by atoms with Gasteiger partial charge in [-0.1, -0.05) is 11.6 Å². The molecule has 3 aromatic rings. The van der Waals surface area contributed by atoms with Gasteiger partial charge < -0.3 is 23.5 Å². The first-order chi connectivity index (χ1) is 16.8. The highest BCUT2D eigenvalue weighted by molar-refractivity contribution is 6.30. The maximum Gasteiger partial charge on any atom is 0.275 e. The zero-order valence-corrected chi connectivity index (χ0v) is 20.5. The number of methoxy groups -OCH3 is 1. The van der Waals surface area contributed by atoms with E-state index >= 15 is 0 Å². The monoisotopic (exact) mass is 500 g/mol. The molecule has 1 amide bonds. The number of amides is 1. The lowest BCUT2D eigenvalue weighted by molar-refractivity contribution is -0.00959. The van der Waals surface area contributed by atoms with Crippen LogP contribution in [0.1, 0.15) is 47.6 Å². The number of fused-ring (bicyclic) bond motifs is 1. The summed E-state index contributed by atoms with van der Waals surface area (Å²) < 4.78 is 29.0. The summed E-state index contributed by atoms with van der Waals surface area (Å²) in [7, 11) is 1.51. The molecule has 35 heavy (non-hydrogen) atoms. The average molecular weight is 501 g/mol. The molecule has 2 aromatic heterocycles. The second kappa shape index (κ2) is 9.13. The molecule has 0 spiro atoms. The number of benzene rings is 1. The van der Waals surface area contributed by atoms with Crippen LogP contribution in [0.2, 0.25) is 5.02 Å². The number of pyridine rings is 1. The summed E-state index contributed by atoms with van der Waals surface area (Å²) >= 11 is 5.90. The van der Waals surface area contributed by atoms with E-state index in [4.69, 9.17) is 21.1 Å². The number of aromatic nitrogens is 3. The molecule has 1 aromatic carbocycles. The summed E-state index contributed by atoms with van der Waals surface area (Å²) in [6.07, 6.45) is 4.14. The van der Waals surface area contributed by atoms with Gasteiger partial charge in [0.1, 0.15) is 22.9 Å². The van der Waals surface area contributed by atoms with Crippen LogP contribution < -0.4 is 10.3 Å². The molecule has 5 rings (SSSR count). The van der Waals surface area contributed by atoms with Crippen molar-refractivity contribution in [2.75, 3.05) is 13.7 Å². The number of imidazole rings is 1. The highest BCUT2D eigenvalue weighted by atomic mass is 35.5. The number of carbonyl (C=O) groups excluding carboxylic acids is 1. The zero-order chi connectivity index (χ0) is 24.9. The number of hydrogen-bond donors (Lipinski definition) is 0. The quantitative estimate of drug-likeness (QED) is 0.531. The van der Waals surface area contributed by atoms with Crippen LogP contribution in [0, 0.1) is 12.7 Å². The molecule has 0 radical (unpaired) electrons. The van der Waals surface area contributed by atoms with Crippen molar-refractivity contribution < 1.29 is 18.7 Å². The molecule has 4 heterocycles. The highest BCUT2D eigenvalue weighted by Gasteiger charge is 2.38. The van der Waals surface area contributed by atoms with Crippen molar-refractivity contribution in [3.05, 3.63) is 74.9 Å². The normalized spacial score (nSPS) is 20.7. The Morgan fingerprint density at radius 1 is 1.23 bits per heavy atom. The molecule has 2 aliphatic rings. The Bertz CT molecular complexity index is 1350. The molecule has 3 atom stereocenters. The molecule has 0 unspecified atom stereocenters. The lowest BCUT2D eigenvalue weighted by Crippen LogP contribution is -2.52. The van der Waals surface area contributed by atoms with Crippen molar-refractivity contribution in [2.45, 2.75) is 51.5 Å². The summed E-state index contributed by atoms with van der Waals surface area (Å²) in [5.41, 5.74) is 1.99. The average Bonchev–Trinajstić information content (AvgIpc) is 3.50. The Balaban J connectivity index is 1.35. The summed E-state index contributed by atoms with van der Waals surface area (Å²) in [6.45, 7) is 4.58. The van der Waals surface area contributed by atoms with Gasteiger partial charge in [-0.2, -0.15) is 0 Å². The third-order valence-electron chi connectivity index (χ3n) is 6.89. The van der Waals surface area contributed by atoms with Crippen molar-refractivity contribution in [3.8, 4) is 11.4 Å². The van der Waals surface area contributed by atoms with Crippen molar-refractivity contribution >= 4 is 17.5 Å². The number of ether oxygens (including phenoxy) is 2. The summed E-state index contributed by atoms with van der Waals surface area (Å²) in [4.78, 5) is 32.4. The molecule has 184 valence electrons. The van der Waals surface area contributed by atoms with Crippen LogP contribution in [0.3, 0.4) is 0 Å². The molecular weight excluding hydrogens is 475 g/mol. The smallest absolute Gasteiger partial charge is 0.275 e. The van der Waals surface area contributed by atoms with Gasteiger partial charge >= 0.3 is 0 Å². The van der Waals surface area contributed by atoms with E-state index in [-0.39, 0.29) is 34.7 Å². The molecule has 1 saturated heterocycles. The lowest BCUT2D eigenvalue weighted by Gasteiger charge is -2.37. The minimum absolute atomic E-state index is 0.00679. The van der Waals surface area contributed by atoms with Crippen LogP contribution in [0.15, 0.2) is 41.6 Å². The number of rotatable bonds is 5. The number of carbonyl (C=O) groups is 1. The number of aryl methyl sites for hydroxylation is 1. The second-order valence-corrected chi connectivity index (χ2v) is 9.38. The molecule has 2 aliphatic heterocycles. The van der Waals surface area contributed by atoms with Crippen molar-refractivity contribution in [2.24, 2.45) is 0 Å². The fourth-order valence-corrected chi connectivity index (χ4v) is 5.14. The first-order valence-corrected chi connectivity index (χ1v) is 11.9. The molecular formula is C25H26ClFN4O4. The Hall–Kier alpha value is -3.17. The number of halogens is 2. The molecule has 10 heteroatoms. The van der Waals surface area contributed by atoms with Gasteiger partial charge in [0.05, 0.1) is 42.4 Å². The maximum absolute atomic E-state index is 14.1. The third kappa shape index (κ3) is 4.12. The fourth-order valence-electron chi connectivity index (χ4n) is 4.99. The van der Waals surface area contributed by atoms with Gasteiger partial charge in [-0.25, -0.2) is 9.37 Å².